The van der Waals surface area contributed by atoms with E-state index in [2.05, 4.69) is 4.98 Å². The Balaban J connectivity index is 2.14. The summed E-state index contributed by atoms with van der Waals surface area (Å²) in [6, 6.07) is 12.6. The maximum Gasteiger partial charge on any atom is 0.204 e. The highest BCUT2D eigenvalue weighted by molar-refractivity contribution is 6.30. The standard InChI is InChI=1S/C14H10ClNO/c15-12-5-3-4-11(10-12)7-8-14(17)13-6-1-2-9-16-13/h1-10H/b8-7-. The zero-order valence-corrected chi connectivity index (χ0v) is 9.76. The largest absolute Gasteiger partial charge is 0.288 e. The SMILES string of the molecule is O=C(/C=C\c1cccc(Cl)c1)c1ccccn1. The molecule has 0 radical (unpaired) electrons. The normalized spacial score (nSPS) is 10.6. The van der Waals surface area contributed by atoms with Gasteiger partial charge in [-0.25, -0.2) is 0 Å². The minimum atomic E-state index is -0.120. The second-order valence-corrected chi connectivity index (χ2v) is 3.90. The molecule has 2 nitrogen and oxygen atoms in total. The first kappa shape index (κ1) is 11.6. The number of hydrogen-bond donors (Lipinski definition) is 0. The van der Waals surface area contributed by atoms with Crippen molar-refractivity contribution in [2.75, 3.05) is 0 Å². The molecule has 0 spiro atoms. The maximum atomic E-state index is 11.7. The fourth-order valence-corrected chi connectivity index (χ4v) is 1.57. The minimum absolute atomic E-state index is 0.120. The molecule has 0 amide bonds. The van der Waals surface area contributed by atoms with Gasteiger partial charge in [0.2, 0.25) is 5.78 Å². The minimum Gasteiger partial charge on any atom is -0.288 e. The molecule has 2 aromatic rings. The lowest BCUT2D eigenvalue weighted by atomic mass is 10.1. The van der Waals surface area contributed by atoms with Gasteiger partial charge in [0.15, 0.2) is 0 Å². The Hall–Kier alpha value is -1.93. The van der Waals surface area contributed by atoms with E-state index in [4.69, 9.17) is 11.6 Å². The topological polar surface area (TPSA) is 30.0 Å². The van der Waals surface area contributed by atoms with Crippen LogP contribution >= 0.6 is 11.6 Å². The maximum absolute atomic E-state index is 11.7. The third kappa shape index (κ3) is 3.26. The van der Waals surface area contributed by atoms with E-state index in [0.717, 1.165) is 5.56 Å². The van der Waals surface area contributed by atoms with Gasteiger partial charge in [0.05, 0.1) is 0 Å². The summed E-state index contributed by atoms with van der Waals surface area (Å²) in [6.45, 7) is 0. The number of hydrogen-bond acceptors (Lipinski definition) is 2. The Morgan fingerprint density at radius 3 is 2.76 bits per heavy atom. The highest BCUT2D eigenvalue weighted by atomic mass is 35.5. The second kappa shape index (κ2) is 5.41. The molecule has 0 bridgehead atoms. The lowest BCUT2D eigenvalue weighted by Crippen LogP contribution is -1.96. The highest BCUT2D eigenvalue weighted by Gasteiger charge is 2.00. The molecule has 0 unspecified atom stereocenters. The van der Waals surface area contributed by atoms with Gasteiger partial charge < -0.3 is 0 Å². The molecule has 0 aliphatic heterocycles. The molecule has 3 heteroatoms. The Morgan fingerprint density at radius 1 is 1.18 bits per heavy atom. The highest BCUT2D eigenvalue weighted by Crippen LogP contribution is 2.12. The van der Waals surface area contributed by atoms with Crippen molar-refractivity contribution in [1.29, 1.82) is 0 Å². The smallest absolute Gasteiger partial charge is 0.204 e. The number of carbonyl (C=O) groups excluding carboxylic acids is 1. The predicted octanol–water partition coefficient (Wildman–Crippen LogP) is 3.63. The molecule has 0 aliphatic rings. The predicted molar refractivity (Wildman–Crippen MR) is 69.1 cm³/mol. The van der Waals surface area contributed by atoms with Crippen LogP contribution in [0.3, 0.4) is 0 Å². The van der Waals surface area contributed by atoms with Crippen LogP contribution in [0.25, 0.3) is 6.08 Å². The molecule has 0 atom stereocenters. The number of benzene rings is 1. The third-order valence-corrected chi connectivity index (χ3v) is 2.43. The van der Waals surface area contributed by atoms with Gasteiger partial charge >= 0.3 is 0 Å². The summed E-state index contributed by atoms with van der Waals surface area (Å²) in [4.78, 5) is 15.7. The summed E-state index contributed by atoms with van der Waals surface area (Å²) in [5, 5.41) is 0.650. The van der Waals surface area contributed by atoms with Gasteiger partial charge in [-0.05, 0) is 35.9 Å². The lowest BCUT2D eigenvalue weighted by Gasteiger charge is -1.95. The Bertz CT molecular complexity index is 549. The third-order valence-electron chi connectivity index (χ3n) is 2.19. The van der Waals surface area contributed by atoms with Gasteiger partial charge in [-0.2, -0.15) is 0 Å². The monoisotopic (exact) mass is 243 g/mol. The van der Waals surface area contributed by atoms with Crippen molar-refractivity contribution < 1.29 is 4.79 Å². The number of carbonyl (C=O) groups is 1. The molecule has 84 valence electrons. The number of allylic oxidation sites excluding steroid dienone is 1. The van der Waals surface area contributed by atoms with E-state index in [-0.39, 0.29) is 5.78 Å². The van der Waals surface area contributed by atoms with E-state index in [9.17, 15) is 4.79 Å². The van der Waals surface area contributed by atoms with Crippen molar-refractivity contribution in [1.82, 2.24) is 4.98 Å². The van der Waals surface area contributed by atoms with Crippen LogP contribution in [-0.2, 0) is 0 Å². The van der Waals surface area contributed by atoms with E-state index in [1.807, 2.05) is 12.1 Å². The number of nitrogens with zero attached hydrogens (tertiary/aromatic N) is 1. The number of pyridine rings is 1. The number of aromatic nitrogens is 1. The summed E-state index contributed by atoms with van der Waals surface area (Å²) >= 11 is 5.85. The van der Waals surface area contributed by atoms with E-state index in [1.165, 1.54) is 6.08 Å². The summed E-state index contributed by atoms with van der Waals surface area (Å²) in [6.07, 6.45) is 4.82. The van der Waals surface area contributed by atoms with Crippen molar-refractivity contribution in [3.05, 3.63) is 71.0 Å². The van der Waals surface area contributed by atoms with Crippen LogP contribution in [0.1, 0.15) is 16.1 Å². The summed E-state index contributed by atoms with van der Waals surface area (Å²) < 4.78 is 0. The fraction of sp³-hybridized carbons (Fsp3) is 0. The van der Waals surface area contributed by atoms with Crippen LogP contribution in [0.5, 0.6) is 0 Å². The van der Waals surface area contributed by atoms with Crippen molar-refractivity contribution in [2.45, 2.75) is 0 Å². The van der Waals surface area contributed by atoms with E-state index >= 15 is 0 Å². The Morgan fingerprint density at radius 2 is 2.06 bits per heavy atom. The zero-order chi connectivity index (χ0) is 12.1. The molecule has 1 aromatic heterocycles. The number of ketones is 1. The first-order valence-corrected chi connectivity index (χ1v) is 5.52. The molecule has 0 aliphatic carbocycles. The van der Waals surface area contributed by atoms with Crippen molar-refractivity contribution in [3.8, 4) is 0 Å². The molecule has 1 heterocycles. The van der Waals surface area contributed by atoms with Crippen LogP contribution in [-0.4, -0.2) is 10.8 Å². The zero-order valence-electron chi connectivity index (χ0n) is 9.01. The van der Waals surface area contributed by atoms with Crippen molar-refractivity contribution >= 4 is 23.5 Å². The van der Waals surface area contributed by atoms with E-state index in [0.29, 0.717) is 10.7 Å². The molecule has 2 rings (SSSR count). The van der Waals surface area contributed by atoms with Gasteiger partial charge in [0, 0.05) is 11.2 Å². The van der Waals surface area contributed by atoms with Crippen LogP contribution < -0.4 is 0 Å². The average Bonchev–Trinajstić information content (AvgIpc) is 2.37. The molecular weight excluding hydrogens is 234 g/mol. The van der Waals surface area contributed by atoms with Crippen LogP contribution in [0.15, 0.2) is 54.7 Å². The number of rotatable bonds is 3. The van der Waals surface area contributed by atoms with Gasteiger partial charge in [0.1, 0.15) is 5.69 Å². The fourth-order valence-electron chi connectivity index (χ4n) is 1.38. The lowest BCUT2D eigenvalue weighted by molar-refractivity contribution is 0.104. The first-order valence-electron chi connectivity index (χ1n) is 5.15. The first-order chi connectivity index (χ1) is 8.25. The quantitative estimate of drug-likeness (QED) is 0.609. The van der Waals surface area contributed by atoms with Crippen LogP contribution in [0.2, 0.25) is 5.02 Å². The average molecular weight is 244 g/mol. The molecule has 17 heavy (non-hydrogen) atoms. The summed E-state index contributed by atoms with van der Waals surface area (Å²) in [7, 11) is 0. The molecule has 0 N–H and O–H groups in total. The molecule has 1 aromatic carbocycles. The van der Waals surface area contributed by atoms with Crippen molar-refractivity contribution in [3.63, 3.8) is 0 Å². The van der Waals surface area contributed by atoms with E-state index in [1.54, 1.807) is 42.6 Å². The summed E-state index contributed by atoms with van der Waals surface area (Å²) in [5.41, 5.74) is 1.33. The van der Waals surface area contributed by atoms with E-state index < -0.39 is 0 Å². The Kier molecular flexibility index (Phi) is 3.68. The van der Waals surface area contributed by atoms with Gasteiger partial charge in [0.25, 0.3) is 0 Å². The summed E-state index contributed by atoms with van der Waals surface area (Å²) in [5.74, 6) is -0.120. The molecule has 0 fully saturated rings. The second-order valence-electron chi connectivity index (χ2n) is 3.47. The molecular formula is C14H10ClNO. The molecule has 0 saturated heterocycles. The Labute approximate surface area is 105 Å². The van der Waals surface area contributed by atoms with Crippen molar-refractivity contribution in [2.24, 2.45) is 0 Å². The van der Waals surface area contributed by atoms with Crippen LogP contribution in [0.4, 0.5) is 0 Å². The number of halogens is 1. The van der Waals surface area contributed by atoms with Gasteiger partial charge in [-0.3, -0.25) is 9.78 Å². The van der Waals surface area contributed by atoms with Crippen LogP contribution in [0, 0.1) is 0 Å². The van der Waals surface area contributed by atoms with Gasteiger partial charge in [-0.1, -0.05) is 35.9 Å². The van der Waals surface area contributed by atoms with Gasteiger partial charge in [-0.15, -0.1) is 0 Å². The molecule has 0 saturated carbocycles.